The van der Waals surface area contributed by atoms with Crippen LogP contribution in [0.1, 0.15) is 28.8 Å². The molecule has 26 heavy (non-hydrogen) atoms. The summed E-state index contributed by atoms with van der Waals surface area (Å²) in [6.07, 6.45) is 0.706. The highest BCUT2D eigenvalue weighted by Crippen LogP contribution is 2.32. The molecule has 1 aliphatic rings. The van der Waals surface area contributed by atoms with Crippen LogP contribution >= 0.6 is 22.6 Å². The third-order valence-corrected chi connectivity index (χ3v) is 4.67. The van der Waals surface area contributed by atoms with Crippen LogP contribution in [0.5, 0.6) is 0 Å². The molecule has 1 heterocycles. The van der Waals surface area contributed by atoms with Crippen LogP contribution in [0.3, 0.4) is 0 Å². The van der Waals surface area contributed by atoms with Crippen molar-refractivity contribution in [1.29, 1.82) is 0 Å². The van der Waals surface area contributed by atoms with E-state index in [4.69, 9.17) is 0 Å². The van der Waals surface area contributed by atoms with E-state index in [1.54, 1.807) is 12.1 Å². The van der Waals surface area contributed by atoms with Crippen LogP contribution in [0.15, 0.2) is 18.2 Å². The van der Waals surface area contributed by atoms with Gasteiger partial charge < -0.3 is 0 Å². The van der Waals surface area contributed by atoms with Gasteiger partial charge in [-0.2, -0.15) is 0 Å². The third kappa shape index (κ3) is 2.97. The minimum absolute atomic E-state index is 0.0712. The number of fused-ring (bicyclic) bond motifs is 1. The van der Waals surface area contributed by atoms with Crippen LogP contribution in [0.2, 0.25) is 0 Å². The second kappa shape index (κ2) is 6.93. The summed E-state index contributed by atoms with van der Waals surface area (Å²) in [7, 11) is 0. The van der Waals surface area contributed by atoms with Crippen molar-refractivity contribution in [3.8, 4) is 0 Å². The van der Waals surface area contributed by atoms with E-state index in [0.717, 1.165) is 3.57 Å². The molecule has 2 aromatic rings. The molecule has 0 aliphatic carbocycles. The molecule has 0 fully saturated rings. The van der Waals surface area contributed by atoms with Crippen LogP contribution in [0.25, 0.3) is 0 Å². The molecule has 3 nitrogen and oxygen atoms in total. The van der Waals surface area contributed by atoms with Gasteiger partial charge in [0.05, 0.1) is 5.69 Å². The van der Waals surface area contributed by atoms with E-state index < -0.39 is 46.5 Å². The normalized spacial score (nSPS) is 14.2. The summed E-state index contributed by atoms with van der Waals surface area (Å²) >= 11 is 2.01. The van der Waals surface area contributed by atoms with Crippen molar-refractivity contribution in [2.75, 3.05) is 4.90 Å². The molecule has 1 aliphatic heterocycles. The van der Waals surface area contributed by atoms with Crippen molar-refractivity contribution >= 4 is 40.1 Å². The highest BCUT2D eigenvalue weighted by Gasteiger charge is 2.36. The van der Waals surface area contributed by atoms with Crippen molar-refractivity contribution in [2.45, 2.75) is 19.3 Å². The summed E-state index contributed by atoms with van der Waals surface area (Å²) in [5, 5.41) is 0. The van der Waals surface area contributed by atoms with Crippen molar-refractivity contribution in [2.24, 2.45) is 0 Å². The van der Waals surface area contributed by atoms with E-state index in [9.17, 15) is 31.5 Å². The molecule has 0 spiro atoms. The van der Waals surface area contributed by atoms with Crippen molar-refractivity contribution < 1.29 is 31.5 Å². The molecule has 0 atom stereocenters. The fourth-order valence-electron chi connectivity index (χ4n) is 2.78. The fourth-order valence-corrected chi connectivity index (χ4v) is 3.33. The zero-order valence-electron chi connectivity index (χ0n) is 12.9. The summed E-state index contributed by atoms with van der Waals surface area (Å²) in [5.41, 5.74) is -1.01. The van der Waals surface area contributed by atoms with Crippen LogP contribution < -0.4 is 4.90 Å². The lowest BCUT2D eigenvalue weighted by Crippen LogP contribution is -2.38. The molecule has 9 heteroatoms. The second-order valence-corrected chi connectivity index (χ2v) is 6.85. The zero-order valence-corrected chi connectivity index (χ0v) is 15.0. The van der Waals surface area contributed by atoms with E-state index in [-0.39, 0.29) is 12.1 Å². The first kappa shape index (κ1) is 18.7. The first-order valence-electron chi connectivity index (χ1n) is 7.41. The second-order valence-electron chi connectivity index (χ2n) is 5.61. The standard InChI is InChI=1S/C17H9F5INO2/c18-12-11(13(19)15(21)16(22)14(12)20)17(26)24-9-5-4-8(23)6-7(9)2-1-3-10(24)25/h4-6H,1-3H2. The number of halogens is 6. The van der Waals surface area contributed by atoms with Crippen molar-refractivity contribution in [3.63, 3.8) is 0 Å². The predicted molar refractivity (Wildman–Crippen MR) is 90.1 cm³/mol. The number of benzene rings is 2. The maximum atomic E-state index is 14.0. The molecule has 0 radical (unpaired) electrons. The lowest BCUT2D eigenvalue weighted by Gasteiger charge is -2.22. The lowest BCUT2D eigenvalue weighted by atomic mass is 10.1. The maximum Gasteiger partial charge on any atom is 0.271 e. The first-order chi connectivity index (χ1) is 12.2. The van der Waals surface area contributed by atoms with Gasteiger partial charge in [-0.3, -0.25) is 9.59 Å². The summed E-state index contributed by atoms with van der Waals surface area (Å²) < 4.78 is 68.9. The molecule has 0 saturated carbocycles. The molecule has 0 saturated heterocycles. The minimum atomic E-state index is -2.37. The first-order valence-corrected chi connectivity index (χ1v) is 8.49. The maximum absolute atomic E-state index is 14.0. The molecule has 2 aromatic carbocycles. The predicted octanol–water partition coefficient (Wildman–Crippen LogP) is 4.50. The highest BCUT2D eigenvalue weighted by molar-refractivity contribution is 14.1. The smallest absolute Gasteiger partial charge is 0.271 e. The van der Waals surface area contributed by atoms with Gasteiger partial charge in [-0.05, 0) is 59.2 Å². The number of hydrogen-bond acceptors (Lipinski definition) is 2. The fraction of sp³-hybridized carbons (Fsp3) is 0.176. The van der Waals surface area contributed by atoms with E-state index in [1.807, 2.05) is 22.6 Å². The zero-order chi connectivity index (χ0) is 19.2. The number of anilines is 1. The minimum Gasteiger partial charge on any atom is -0.274 e. The lowest BCUT2D eigenvalue weighted by molar-refractivity contribution is -0.117. The average Bonchev–Trinajstić information content (AvgIpc) is 2.76. The summed E-state index contributed by atoms with van der Waals surface area (Å²) in [6.45, 7) is 0. The van der Waals surface area contributed by atoms with Crippen LogP contribution in [0.4, 0.5) is 27.6 Å². The summed E-state index contributed by atoms with van der Waals surface area (Å²) in [6, 6.07) is 4.66. The Morgan fingerprint density at radius 1 is 0.923 bits per heavy atom. The van der Waals surface area contributed by atoms with Crippen LogP contribution in [0, 0.1) is 32.7 Å². The molecule has 0 unspecified atom stereocenters. The Morgan fingerprint density at radius 3 is 2.12 bits per heavy atom. The van der Waals surface area contributed by atoms with E-state index in [0.29, 0.717) is 23.3 Å². The number of imide groups is 1. The topological polar surface area (TPSA) is 37.4 Å². The van der Waals surface area contributed by atoms with Gasteiger partial charge in [0.25, 0.3) is 5.91 Å². The van der Waals surface area contributed by atoms with Gasteiger partial charge in [-0.15, -0.1) is 0 Å². The Labute approximate surface area is 157 Å². The number of nitrogens with zero attached hydrogens (tertiary/aromatic N) is 1. The van der Waals surface area contributed by atoms with Gasteiger partial charge in [0.15, 0.2) is 23.3 Å². The van der Waals surface area contributed by atoms with Gasteiger partial charge in [-0.1, -0.05) is 0 Å². The largest absolute Gasteiger partial charge is 0.274 e. The number of carbonyl (C=O) groups is 2. The Bertz CT molecular complexity index is 918. The van der Waals surface area contributed by atoms with Crippen molar-refractivity contribution in [1.82, 2.24) is 0 Å². The Morgan fingerprint density at radius 2 is 1.50 bits per heavy atom. The van der Waals surface area contributed by atoms with Crippen LogP contribution in [-0.2, 0) is 11.2 Å². The van der Waals surface area contributed by atoms with Crippen molar-refractivity contribution in [3.05, 3.63) is 62.0 Å². The monoisotopic (exact) mass is 481 g/mol. The average molecular weight is 481 g/mol. The molecule has 136 valence electrons. The van der Waals surface area contributed by atoms with Gasteiger partial charge in [0.2, 0.25) is 11.7 Å². The van der Waals surface area contributed by atoms with E-state index >= 15 is 0 Å². The van der Waals surface area contributed by atoms with Gasteiger partial charge in [-0.25, -0.2) is 26.9 Å². The molecule has 0 aromatic heterocycles. The molecule has 2 amide bonds. The third-order valence-electron chi connectivity index (χ3n) is 4.00. The molecule has 0 bridgehead atoms. The molecular formula is C17H9F5INO2. The molecular weight excluding hydrogens is 472 g/mol. The van der Waals surface area contributed by atoms with Gasteiger partial charge in [0, 0.05) is 9.99 Å². The van der Waals surface area contributed by atoms with Gasteiger partial charge in [0.1, 0.15) is 5.56 Å². The Hall–Kier alpha value is -2.04. The van der Waals surface area contributed by atoms with E-state index in [2.05, 4.69) is 0 Å². The number of aryl methyl sites for hydroxylation is 1. The molecule has 0 N–H and O–H groups in total. The highest BCUT2D eigenvalue weighted by atomic mass is 127. The number of carbonyl (C=O) groups excluding carboxylic acids is 2. The SMILES string of the molecule is O=C1CCCc2cc(I)ccc2N1C(=O)c1c(F)c(F)c(F)c(F)c1F. The summed E-state index contributed by atoms with van der Waals surface area (Å²) in [4.78, 5) is 25.5. The quantitative estimate of drug-likeness (QED) is 0.198. The Balaban J connectivity index is 2.21. The number of amides is 2. The Kier molecular flexibility index (Phi) is 5.00. The van der Waals surface area contributed by atoms with Gasteiger partial charge >= 0.3 is 0 Å². The summed E-state index contributed by atoms with van der Waals surface area (Å²) in [5.74, 6) is -13.7. The number of rotatable bonds is 1. The van der Waals surface area contributed by atoms with E-state index in [1.165, 1.54) is 6.07 Å². The number of hydrogen-bond donors (Lipinski definition) is 0. The van der Waals surface area contributed by atoms with Crippen LogP contribution in [-0.4, -0.2) is 11.8 Å². The molecule has 3 rings (SSSR count).